The second kappa shape index (κ2) is 11.0. The Morgan fingerprint density at radius 3 is 2.44 bits per heavy atom. The van der Waals surface area contributed by atoms with E-state index >= 15 is 0 Å². The maximum atomic E-state index is 13.4. The number of fused-ring (bicyclic) bond motifs is 2. The minimum Gasteiger partial charge on any atom is -0.372 e. The molecular weight excluding hydrogens is 593 g/mol. The number of hydrogen-bond donors (Lipinski definition) is 1. The summed E-state index contributed by atoms with van der Waals surface area (Å²) >= 11 is 12.9. The summed E-state index contributed by atoms with van der Waals surface area (Å²) in [7, 11) is -4.21. The van der Waals surface area contributed by atoms with E-state index in [1.807, 2.05) is 0 Å². The van der Waals surface area contributed by atoms with Crippen LogP contribution in [-0.2, 0) is 31.1 Å². The Morgan fingerprint density at radius 2 is 1.83 bits per heavy atom. The summed E-state index contributed by atoms with van der Waals surface area (Å²) < 4.78 is 43.2. The van der Waals surface area contributed by atoms with Crippen LogP contribution in [0.3, 0.4) is 0 Å². The highest BCUT2D eigenvalue weighted by Gasteiger charge is 2.52. The monoisotopic (exact) mass is 619 g/mol. The van der Waals surface area contributed by atoms with Crippen molar-refractivity contribution in [1.29, 1.82) is 0 Å². The second-order valence-electron chi connectivity index (χ2n) is 10.6. The van der Waals surface area contributed by atoms with E-state index in [0.29, 0.717) is 57.8 Å². The number of anilines is 2. The zero-order valence-corrected chi connectivity index (χ0v) is 24.1. The molecule has 10 nitrogen and oxygen atoms in total. The SMILES string of the molecule is O=CN(CCS(=O)(=O)O)c1ccc(N2C(=O)[C@@H]3C[C@H]2C[C@H]3OCc2c(-c3c(Cl)cccc3Cl)noc2C2CC2)cc1. The predicted molar refractivity (Wildman–Crippen MR) is 153 cm³/mol. The topological polar surface area (TPSA) is 130 Å². The van der Waals surface area contributed by atoms with E-state index in [1.54, 1.807) is 47.4 Å². The van der Waals surface area contributed by atoms with Crippen LogP contribution in [0.15, 0.2) is 47.0 Å². The van der Waals surface area contributed by atoms with Gasteiger partial charge in [0, 0.05) is 41.0 Å². The Balaban J connectivity index is 1.14. The number of carbonyl (C=O) groups excluding carboxylic acids is 2. The van der Waals surface area contributed by atoms with Gasteiger partial charge in [-0.25, -0.2) is 0 Å². The van der Waals surface area contributed by atoms with Crippen molar-refractivity contribution in [2.75, 3.05) is 22.1 Å². The summed E-state index contributed by atoms with van der Waals surface area (Å²) in [5.74, 6) is 0.178. The third-order valence-corrected chi connectivity index (χ3v) is 9.31. The molecule has 2 aliphatic carbocycles. The highest BCUT2D eigenvalue weighted by molar-refractivity contribution is 7.85. The number of ether oxygens (including phenoxy) is 1. The molecule has 3 fully saturated rings. The van der Waals surface area contributed by atoms with Crippen LogP contribution in [0, 0.1) is 5.92 Å². The average molecular weight is 621 g/mol. The Hall–Kier alpha value is -2.96. The number of rotatable bonds is 11. The Morgan fingerprint density at radius 1 is 1.12 bits per heavy atom. The zero-order valence-electron chi connectivity index (χ0n) is 21.8. The first-order valence-electron chi connectivity index (χ1n) is 13.3. The fraction of sp³-hybridized carbons (Fsp3) is 0.393. The van der Waals surface area contributed by atoms with Crippen molar-refractivity contribution in [2.45, 2.75) is 50.4 Å². The van der Waals surface area contributed by atoms with E-state index in [9.17, 15) is 18.0 Å². The number of hydrogen-bond acceptors (Lipinski definition) is 7. The van der Waals surface area contributed by atoms with Gasteiger partial charge in [0.15, 0.2) is 0 Å². The van der Waals surface area contributed by atoms with Gasteiger partial charge in [0.05, 0.1) is 34.4 Å². The van der Waals surface area contributed by atoms with E-state index in [1.165, 1.54) is 4.90 Å². The number of halogens is 2. The Bertz CT molecular complexity index is 1570. The van der Waals surface area contributed by atoms with Crippen molar-refractivity contribution in [1.82, 2.24) is 5.16 Å². The van der Waals surface area contributed by atoms with Gasteiger partial charge in [0.25, 0.3) is 10.1 Å². The van der Waals surface area contributed by atoms with Crippen LogP contribution >= 0.6 is 23.2 Å². The van der Waals surface area contributed by atoms with Crippen LogP contribution in [-0.4, -0.2) is 54.9 Å². The largest absolute Gasteiger partial charge is 0.372 e. The molecule has 3 aromatic rings. The van der Waals surface area contributed by atoms with Crippen LogP contribution in [0.1, 0.15) is 42.9 Å². The first-order valence-corrected chi connectivity index (χ1v) is 15.7. The van der Waals surface area contributed by atoms with Crippen molar-refractivity contribution >= 4 is 57.0 Å². The fourth-order valence-corrected chi connectivity index (χ4v) is 6.83. The molecule has 2 amide bonds. The molecule has 6 rings (SSSR count). The molecular formula is C28H27Cl2N3O7S. The lowest BCUT2D eigenvalue weighted by atomic mass is 10.0. The smallest absolute Gasteiger partial charge is 0.266 e. The van der Waals surface area contributed by atoms with Gasteiger partial charge in [-0.05, 0) is 62.1 Å². The molecule has 2 heterocycles. The molecule has 216 valence electrons. The third-order valence-electron chi connectivity index (χ3n) is 7.98. The van der Waals surface area contributed by atoms with Gasteiger partial charge in [-0.3, -0.25) is 14.1 Å². The van der Waals surface area contributed by atoms with Crippen molar-refractivity contribution in [2.24, 2.45) is 5.92 Å². The van der Waals surface area contributed by atoms with Gasteiger partial charge in [-0.2, -0.15) is 8.42 Å². The number of aromatic nitrogens is 1. The Kier molecular flexibility index (Phi) is 7.58. The minimum absolute atomic E-state index is 0.0280. The highest BCUT2D eigenvalue weighted by Crippen LogP contribution is 2.47. The summed E-state index contributed by atoms with van der Waals surface area (Å²) in [6.45, 7) is 0.0419. The molecule has 1 saturated heterocycles. The molecule has 1 N–H and O–H groups in total. The minimum atomic E-state index is -4.21. The average Bonchev–Trinajstić information content (AvgIpc) is 3.44. The van der Waals surface area contributed by atoms with Gasteiger partial charge < -0.3 is 19.1 Å². The second-order valence-corrected chi connectivity index (χ2v) is 13.0. The predicted octanol–water partition coefficient (Wildman–Crippen LogP) is 5.09. The van der Waals surface area contributed by atoms with Crippen LogP contribution in [0.25, 0.3) is 11.3 Å². The fourth-order valence-electron chi connectivity index (χ4n) is 5.82. The zero-order chi connectivity index (χ0) is 28.9. The van der Waals surface area contributed by atoms with Crippen molar-refractivity contribution in [3.8, 4) is 11.3 Å². The van der Waals surface area contributed by atoms with Crippen molar-refractivity contribution < 1.29 is 31.8 Å². The maximum absolute atomic E-state index is 13.4. The molecule has 2 aromatic carbocycles. The van der Waals surface area contributed by atoms with Gasteiger partial charge >= 0.3 is 0 Å². The molecule has 0 spiro atoms. The van der Waals surface area contributed by atoms with Gasteiger partial charge in [-0.15, -0.1) is 0 Å². The standard InChI is InChI=1S/C28H27Cl2N3O7S/c29-22-2-1-3-23(30)25(22)26-21(27(40-31-26)16-4-5-16)14-39-24-13-19-12-20(24)28(35)33(19)18-8-6-17(7-9-18)32(15-34)10-11-41(36,37)38/h1-3,6-9,15-16,19-20,24H,4-5,10-14H2,(H,36,37,38)/t19-,20+,24+/m0/s1. The highest BCUT2D eigenvalue weighted by atomic mass is 35.5. The number of benzene rings is 2. The number of amides is 2. The third kappa shape index (κ3) is 5.61. The molecule has 13 heteroatoms. The summed E-state index contributed by atoms with van der Waals surface area (Å²) in [6.07, 6.45) is 3.61. The van der Waals surface area contributed by atoms with E-state index in [4.69, 9.17) is 37.0 Å². The number of nitrogens with zero attached hydrogens (tertiary/aromatic N) is 3. The van der Waals surface area contributed by atoms with Crippen molar-refractivity contribution in [3.05, 3.63) is 63.8 Å². The molecule has 0 radical (unpaired) electrons. The van der Waals surface area contributed by atoms with E-state index in [0.717, 1.165) is 24.2 Å². The maximum Gasteiger partial charge on any atom is 0.266 e. The lowest BCUT2D eigenvalue weighted by molar-refractivity contribution is -0.126. The van der Waals surface area contributed by atoms with Crippen LogP contribution in [0.4, 0.5) is 11.4 Å². The molecule has 1 aliphatic heterocycles. The van der Waals surface area contributed by atoms with E-state index < -0.39 is 15.9 Å². The molecule has 1 aromatic heterocycles. The van der Waals surface area contributed by atoms with Gasteiger partial charge in [0.2, 0.25) is 12.3 Å². The van der Waals surface area contributed by atoms with Crippen LogP contribution < -0.4 is 9.80 Å². The molecule has 3 aliphatic rings. The molecule has 2 bridgehead atoms. The van der Waals surface area contributed by atoms with E-state index in [-0.39, 0.29) is 37.1 Å². The quantitative estimate of drug-likeness (QED) is 0.232. The van der Waals surface area contributed by atoms with E-state index in [2.05, 4.69) is 5.16 Å². The van der Waals surface area contributed by atoms with Crippen molar-refractivity contribution in [3.63, 3.8) is 0 Å². The summed E-state index contributed by atoms with van der Waals surface area (Å²) in [5.41, 5.74) is 3.14. The number of carbonyl (C=O) groups is 2. The lowest BCUT2D eigenvalue weighted by Crippen LogP contribution is -2.43. The van der Waals surface area contributed by atoms with Crippen LogP contribution in [0.2, 0.25) is 10.0 Å². The summed E-state index contributed by atoms with van der Waals surface area (Å²) in [4.78, 5) is 27.8. The van der Waals surface area contributed by atoms with Gasteiger partial charge in [0.1, 0.15) is 11.5 Å². The van der Waals surface area contributed by atoms with Gasteiger partial charge in [-0.1, -0.05) is 34.4 Å². The van der Waals surface area contributed by atoms with Crippen LogP contribution in [0.5, 0.6) is 0 Å². The molecule has 2 saturated carbocycles. The first kappa shape index (κ1) is 28.2. The molecule has 41 heavy (non-hydrogen) atoms. The summed E-state index contributed by atoms with van der Waals surface area (Å²) in [5, 5.41) is 5.26. The molecule has 3 atom stereocenters. The normalized spacial score (nSPS) is 22.0. The summed E-state index contributed by atoms with van der Waals surface area (Å²) in [6, 6.07) is 12.0. The lowest BCUT2D eigenvalue weighted by Gasteiger charge is -2.31. The Labute approximate surface area is 246 Å². The first-order chi connectivity index (χ1) is 19.6. The number of piperidine rings is 1. The molecule has 0 unspecified atom stereocenters.